The zero-order valence-electron chi connectivity index (χ0n) is 17.2. The number of hydrogen-bond donors (Lipinski definition) is 1. The van der Waals surface area contributed by atoms with E-state index in [9.17, 15) is 9.18 Å². The molecule has 4 nitrogen and oxygen atoms in total. The van der Waals surface area contributed by atoms with E-state index in [1.54, 1.807) is 6.21 Å². The van der Waals surface area contributed by atoms with Gasteiger partial charge in [-0.3, -0.25) is 4.79 Å². The van der Waals surface area contributed by atoms with Gasteiger partial charge < -0.3 is 4.90 Å². The fourth-order valence-electron chi connectivity index (χ4n) is 4.36. The zero-order chi connectivity index (χ0) is 20.5. The number of amides is 1. The van der Waals surface area contributed by atoms with Crippen LogP contribution in [0.2, 0.25) is 0 Å². The van der Waals surface area contributed by atoms with Crippen molar-refractivity contribution >= 4 is 17.8 Å². The molecule has 1 amide bonds. The first kappa shape index (κ1) is 20.1. The Morgan fingerprint density at radius 2 is 1.93 bits per heavy atom. The van der Waals surface area contributed by atoms with Crippen molar-refractivity contribution in [2.45, 2.75) is 58.5 Å². The van der Waals surface area contributed by atoms with Crippen molar-refractivity contribution < 1.29 is 9.18 Å². The Morgan fingerprint density at radius 1 is 1.25 bits per heavy atom. The van der Waals surface area contributed by atoms with Crippen molar-refractivity contribution in [1.82, 2.24) is 5.43 Å². The highest BCUT2D eigenvalue weighted by Gasteiger charge is 2.37. The van der Waals surface area contributed by atoms with E-state index in [2.05, 4.69) is 62.2 Å². The van der Waals surface area contributed by atoms with Gasteiger partial charge in [-0.2, -0.15) is 5.10 Å². The highest BCUT2D eigenvalue weighted by molar-refractivity contribution is 5.94. The van der Waals surface area contributed by atoms with Crippen molar-refractivity contribution in [2.75, 3.05) is 4.90 Å². The molecule has 1 aliphatic heterocycles. The third-order valence-corrected chi connectivity index (χ3v) is 5.30. The Bertz CT molecular complexity index is 887. The summed E-state index contributed by atoms with van der Waals surface area (Å²) in [6.45, 7) is 11.3. The molecule has 1 aliphatic rings. The number of nitrogens with one attached hydrogen (secondary N) is 1. The van der Waals surface area contributed by atoms with E-state index in [1.165, 1.54) is 35.5 Å². The Kier molecular flexibility index (Phi) is 5.54. The molecule has 0 fully saturated rings. The Labute approximate surface area is 166 Å². The molecule has 1 N–H and O–H groups in total. The van der Waals surface area contributed by atoms with Gasteiger partial charge in [0, 0.05) is 22.8 Å². The molecule has 148 valence electrons. The van der Waals surface area contributed by atoms with Crippen LogP contribution in [-0.4, -0.2) is 23.7 Å². The minimum atomic E-state index is -0.373. The highest BCUT2D eigenvalue weighted by atomic mass is 19.1. The molecule has 0 radical (unpaired) electrons. The summed E-state index contributed by atoms with van der Waals surface area (Å²) in [5.41, 5.74) is 6.49. The molecule has 2 aromatic carbocycles. The van der Waals surface area contributed by atoms with Gasteiger partial charge in [0.25, 0.3) is 5.91 Å². The number of hydrogen-bond acceptors (Lipinski definition) is 3. The van der Waals surface area contributed by atoms with Gasteiger partial charge in [0.1, 0.15) is 5.82 Å². The third-order valence-electron chi connectivity index (χ3n) is 5.30. The normalized spacial score (nSPS) is 18.4. The SMILES string of the molecule is CC(C)N1c2ccc(/C=N\NC(=O)c3ccc(F)cc3)cc2[C@H](C)CC1(C)C. The summed E-state index contributed by atoms with van der Waals surface area (Å²) in [6, 6.07) is 12.1. The highest BCUT2D eigenvalue weighted by Crippen LogP contribution is 2.44. The second-order valence-corrected chi connectivity index (χ2v) is 8.41. The van der Waals surface area contributed by atoms with Crippen molar-refractivity contribution in [3.63, 3.8) is 0 Å². The van der Waals surface area contributed by atoms with E-state index >= 15 is 0 Å². The van der Waals surface area contributed by atoms with E-state index < -0.39 is 0 Å². The molecule has 0 spiro atoms. The zero-order valence-corrected chi connectivity index (χ0v) is 17.2. The Hall–Kier alpha value is -2.69. The maximum absolute atomic E-state index is 13.0. The molecular weight excluding hydrogens is 353 g/mol. The number of halogens is 1. The van der Waals surface area contributed by atoms with Gasteiger partial charge in [-0.05, 0) is 87.6 Å². The van der Waals surface area contributed by atoms with Crippen LogP contribution in [0.4, 0.5) is 10.1 Å². The van der Waals surface area contributed by atoms with E-state index in [0.717, 1.165) is 12.0 Å². The first-order valence-corrected chi connectivity index (χ1v) is 9.71. The summed E-state index contributed by atoms with van der Waals surface area (Å²) in [5, 5.41) is 4.07. The minimum Gasteiger partial charge on any atom is -0.364 e. The predicted molar refractivity (Wildman–Crippen MR) is 113 cm³/mol. The van der Waals surface area contributed by atoms with Crippen LogP contribution in [-0.2, 0) is 0 Å². The largest absolute Gasteiger partial charge is 0.364 e. The summed E-state index contributed by atoms with van der Waals surface area (Å²) >= 11 is 0. The summed E-state index contributed by atoms with van der Waals surface area (Å²) in [6.07, 6.45) is 2.73. The third kappa shape index (κ3) is 4.08. The number of nitrogens with zero attached hydrogens (tertiary/aromatic N) is 2. The van der Waals surface area contributed by atoms with Crippen LogP contribution in [0.1, 0.15) is 68.4 Å². The van der Waals surface area contributed by atoms with Gasteiger partial charge in [0.05, 0.1) is 6.21 Å². The van der Waals surface area contributed by atoms with E-state index in [1.807, 2.05) is 6.07 Å². The second-order valence-electron chi connectivity index (χ2n) is 8.41. The molecule has 0 saturated heterocycles. The van der Waals surface area contributed by atoms with Crippen LogP contribution < -0.4 is 10.3 Å². The summed E-state index contributed by atoms with van der Waals surface area (Å²) < 4.78 is 13.0. The lowest BCUT2D eigenvalue weighted by Gasteiger charge is -2.50. The van der Waals surface area contributed by atoms with Gasteiger partial charge in [0.15, 0.2) is 0 Å². The summed E-state index contributed by atoms with van der Waals surface area (Å²) in [7, 11) is 0. The topological polar surface area (TPSA) is 44.7 Å². The monoisotopic (exact) mass is 381 g/mol. The summed E-state index contributed by atoms with van der Waals surface area (Å²) in [5.74, 6) is -0.292. The molecule has 5 heteroatoms. The minimum absolute atomic E-state index is 0.110. The van der Waals surface area contributed by atoms with Gasteiger partial charge >= 0.3 is 0 Å². The van der Waals surface area contributed by atoms with Crippen LogP contribution >= 0.6 is 0 Å². The molecule has 0 aliphatic carbocycles. The van der Waals surface area contributed by atoms with E-state index in [0.29, 0.717) is 17.5 Å². The number of benzene rings is 2. The summed E-state index contributed by atoms with van der Waals surface area (Å²) in [4.78, 5) is 14.6. The average Bonchev–Trinajstić information content (AvgIpc) is 2.61. The number of hydrazone groups is 1. The quantitative estimate of drug-likeness (QED) is 0.592. The van der Waals surface area contributed by atoms with Gasteiger partial charge in [0.2, 0.25) is 0 Å². The fourth-order valence-corrected chi connectivity index (χ4v) is 4.36. The molecule has 0 saturated carbocycles. The van der Waals surface area contributed by atoms with Crippen molar-refractivity contribution in [3.05, 3.63) is 65.0 Å². The molecule has 3 rings (SSSR count). The number of carbonyl (C=O) groups excluding carboxylic acids is 1. The molecule has 28 heavy (non-hydrogen) atoms. The molecule has 0 bridgehead atoms. The maximum Gasteiger partial charge on any atom is 0.271 e. The van der Waals surface area contributed by atoms with Crippen molar-refractivity contribution in [1.29, 1.82) is 0 Å². The van der Waals surface area contributed by atoms with Crippen LogP contribution in [0.5, 0.6) is 0 Å². The van der Waals surface area contributed by atoms with E-state index in [4.69, 9.17) is 0 Å². The van der Waals surface area contributed by atoms with Crippen molar-refractivity contribution in [3.8, 4) is 0 Å². The molecule has 1 atom stereocenters. The van der Waals surface area contributed by atoms with Gasteiger partial charge in [-0.25, -0.2) is 9.82 Å². The average molecular weight is 381 g/mol. The molecular formula is C23H28FN3O. The van der Waals surface area contributed by atoms with Crippen LogP contribution in [0.15, 0.2) is 47.6 Å². The molecule has 2 aromatic rings. The first-order chi connectivity index (χ1) is 13.2. The maximum atomic E-state index is 13.0. The van der Waals surface area contributed by atoms with Crippen molar-refractivity contribution in [2.24, 2.45) is 5.10 Å². The van der Waals surface area contributed by atoms with Crippen LogP contribution in [0.25, 0.3) is 0 Å². The lowest BCUT2D eigenvalue weighted by Crippen LogP contribution is -2.51. The molecule has 0 aromatic heterocycles. The second kappa shape index (κ2) is 7.74. The lowest BCUT2D eigenvalue weighted by molar-refractivity contribution is 0.0955. The first-order valence-electron chi connectivity index (χ1n) is 9.71. The predicted octanol–water partition coefficient (Wildman–Crippen LogP) is 5.09. The number of fused-ring (bicyclic) bond motifs is 1. The Morgan fingerprint density at radius 3 is 2.57 bits per heavy atom. The van der Waals surface area contributed by atoms with Crippen LogP contribution in [0.3, 0.4) is 0 Å². The standard InChI is InChI=1S/C23H28FN3O/c1-15(2)27-21-11-6-17(12-20(21)16(3)13-23(27,4)5)14-25-26-22(28)18-7-9-19(24)10-8-18/h6-12,14-16H,13H2,1-5H3,(H,26,28)/b25-14-/t16-/m1/s1. The number of anilines is 1. The van der Waals surface area contributed by atoms with E-state index in [-0.39, 0.29) is 17.3 Å². The smallest absolute Gasteiger partial charge is 0.271 e. The Balaban J connectivity index is 1.78. The molecule has 0 unspecified atom stereocenters. The number of rotatable bonds is 4. The van der Waals surface area contributed by atoms with Gasteiger partial charge in [-0.15, -0.1) is 0 Å². The molecule has 1 heterocycles. The fraction of sp³-hybridized carbons (Fsp3) is 0.391. The van der Waals surface area contributed by atoms with Gasteiger partial charge in [-0.1, -0.05) is 13.0 Å². The van der Waals surface area contributed by atoms with Crippen LogP contribution in [0, 0.1) is 5.82 Å². The lowest BCUT2D eigenvalue weighted by atomic mass is 9.79. The number of carbonyl (C=O) groups is 1.